The number of carbonyl (C=O) groups excluding carboxylic acids is 2. The van der Waals surface area contributed by atoms with Crippen LogP contribution in [0.15, 0.2) is 58.1 Å². The van der Waals surface area contributed by atoms with E-state index >= 15 is 0 Å². The van der Waals surface area contributed by atoms with Crippen molar-refractivity contribution in [2.24, 2.45) is 28.8 Å². The van der Waals surface area contributed by atoms with Crippen molar-refractivity contribution in [3.63, 3.8) is 0 Å². The molecular formula is C23H17BrCl2N2O3. The molecule has 2 aromatic carbocycles. The number of carbonyl (C=O) groups is 2. The molecule has 0 aromatic heterocycles. The summed E-state index contributed by atoms with van der Waals surface area (Å²) in [6.45, 7) is 0.290. The van der Waals surface area contributed by atoms with Gasteiger partial charge in [-0.1, -0.05) is 41.4 Å². The predicted molar refractivity (Wildman–Crippen MR) is 122 cm³/mol. The fourth-order valence-electron chi connectivity index (χ4n) is 4.63. The minimum absolute atomic E-state index is 0.173. The van der Waals surface area contributed by atoms with Gasteiger partial charge >= 0.3 is 0 Å². The van der Waals surface area contributed by atoms with Gasteiger partial charge < -0.3 is 4.74 Å². The molecule has 31 heavy (non-hydrogen) atoms. The Labute approximate surface area is 197 Å². The summed E-state index contributed by atoms with van der Waals surface area (Å²) >= 11 is 15.6. The molecule has 2 aromatic rings. The number of hydrogen-bond donors (Lipinski definition) is 0. The van der Waals surface area contributed by atoms with Gasteiger partial charge in [0.05, 0.1) is 22.5 Å². The second-order valence-corrected chi connectivity index (χ2v) is 9.64. The molecule has 2 aliphatic carbocycles. The standard InChI is InChI=1S/C23H17BrCl2N2O3/c24-17-7-12(1-6-19(17)31-11-15-4-5-16(25)9-18(15)26)10-27-28-22(29)20-13-2-3-14(8-13)21(20)23(28)30/h1-7,9-10,13-14,20-21H,8,11H2/b27-10-/t13-,14-,20-,21-/m0/s1. The zero-order chi connectivity index (χ0) is 21.7. The molecule has 0 radical (unpaired) electrons. The van der Waals surface area contributed by atoms with Gasteiger partial charge in [-0.3, -0.25) is 9.59 Å². The van der Waals surface area contributed by atoms with Crippen molar-refractivity contribution in [1.82, 2.24) is 5.01 Å². The number of rotatable bonds is 5. The fourth-order valence-corrected chi connectivity index (χ4v) is 5.61. The van der Waals surface area contributed by atoms with E-state index in [1.165, 1.54) is 6.21 Å². The van der Waals surface area contributed by atoms with Crippen LogP contribution in [0.1, 0.15) is 17.5 Å². The van der Waals surface area contributed by atoms with Crippen LogP contribution in [0.3, 0.4) is 0 Å². The Bertz CT molecular complexity index is 1120. The van der Waals surface area contributed by atoms with E-state index in [0.29, 0.717) is 15.8 Å². The van der Waals surface area contributed by atoms with Crippen molar-refractivity contribution >= 4 is 57.2 Å². The fraction of sp³-hybridized carbons (Fsp3) is 0.261. The number of halogens is 3. The molecule has 0 spiro atoms. The lowest BCUT2D eigenvalue weighted by atomic mass is 9.85. The summed E-state index contributed by atoms with van der Waals surface area (Å²) in [5, 5.41) is 6.37. The zero-order valence-electron chi connectivity index (χ0n) is 16.2. The molecule has 2 amide bonds. The number of imide groups is 1. The molecule has 8 heteroatoms. The highest BCUT2D eigenvalue weighted by molar-refractivity contribution is 9.10. The Hall–Kier alpha value is -2.15. The van der Waals surface area contributed by atoms with Gasteiger partial charge in [0.1, 0.15) is 12.4 Å². The van der Waals surface area contributed by atoms with E-state index in [1.807, 2.05) is 18.2 Å². The summed E-state index contributed by atoms with van der Waals surface area (Å²) in [6, 6.07) is 10.7. The quantitative estimate of drug-likeness (QED) is 0.298. The number of ether oxygens (including phenoxy) is 1. The van der Waals surface area contributed by atoms with Gasteiger partial charge in [-0.05, 0) is 70.1 Å². The van der Waals surface area contributed by atoms with Crippen LogP contribution >= 0.6 is 39.1 Å². The molecule has 158 valence electrons. The number of amides is 2. The predicted octanol–water partition coefficient (Wildman–Crippen LogP) is 5.48. The van der Waals surface area contributed by atoms with Crippen molar-refractivity contribution in [2.75, 3.05) is 0 Å². The highest BCUT2D eigenvalue weighted by Gasteiger charge is 2.59. The van der Waals surface area contributed by atoms with E-state index in [-0.39, 0.29) is 42.1 Å². The Kier molecular flexibility index (Phi) is 5.40. The minimum atomic E-state index is -0.248. The highest BCUT2D eigenvalue weighted by Crippen LogP contribution is 2.52. The third-order valence-electron chi connectivity index (χ3n) is 6.12. The van der Waals surface area contributed by atoms with Gasteiger partial charge in [0.15, 0.2) is 0 Å². The summed E-state index contributed by atoms with van der Waals surface area (Å²) in [5.41, 5.74) is 1.56. The first-order chi connectivity index (χ1) is 14.9. The van der Waals surface area contributed by atoms with Gasteiger partial charge in [0.2, 0.25) is 0 Å². The Morgan fingerprint density at radius 2 is 1.77 bits per heavy atom. The first kappa shape index (κ1) is 20.7. The van der Waals surface area contributed by atoms with Gasteiger partial charge in [-0.15, -0.1) is 0 Å². The van der Waals surface area contributed by atoms with Crippen molar-refractivity contribution in [2.45, 2.75) is 13.0 Å². The molecule has 3 aliphatic rings. The summed E-state index contributed by atoms with van der Waals surface area (Å²) in [4.78, 5) is 25.4. The molecule has 5 rings (SSSR count). The maximum Gasteiger partial charge on any atom is 0.254 e. The number of nitrogens with zero attached hydrogens (tertiary/aromatic N) is 2. The largest absolute Gasteiger partial charge is 0.488 e. The topological polar surface area (TPSA) is 59.0 Å². The second kappa shape index (κ2) is 8.08. The van der Waals surface area contributed by atoms with Crippen LogP contribution in [0, 0.1) is 23.7 Å². The third kappa shape index (κ3) is 3.71. The van der Waals surface area contributed by atoms with Gasteiger partial charge in [0.25, 0.3) is 11.8 Å². The number of hydrogen-bond acceptors (Lipinski definition) is 4. The van der Waals surface area contributed by atoms with Crippen LogP contribution in [0.25, 0.3) is 0 Å². The molecule has 1 heterocycles. The van der Waals surface area contributed by atoms with Crippen LogP contribution in [0.4, 0.5) is 0 Å². The van der Waals surface area contributed by atoms with Crippen molar-refractivity contribution in [3.8, 4) is 5.75 Å². The molecule has 2 bridgehead atoms. The average Bonchev–Trinajstić information content (AvgIpc) is 3.41. The van der Waals surface area contributed by atoms with Crippen molar-refractivity contribution in [1.29, 1.82) is 0 Å². The average molecular weight is 520 g/mol. The Balaban J connectivity index is 1.27. The molecule has 0 unspecified atom stereocenters. The van der Waals surface area contributed by atoms with E-state index in [0.717, 1.165) is 27.0 Å². The van der Waals surface area contributed by atoms with Gasteiger partial charge in [-0.25, -0.2) is 0 Å². The van der Waals surface area contributed by atoms with Crippen LogP contribution < -0.4 is 4.74 Å². The first-order valence-electron chi connectivity index (χ1n) is 9.89. The van der Waals surface area contributed by atoms with Crippen LogP contribution in [-0.4, -0.2) is 23.0 Å². The molecule has 4 atom stereocenters. The summed E-state index contributed by atoms with van der Waals surface area (Å²) < 4.78 is 6.57. The number of fused-ring (bicyclic) bond motifs is 5. The van der Waals surface area contributed by atoms with Gasteiger partial charge in [0, 0.05) is 15.6 Å². The molecule has 1 saturated heterocycles. The number of allylic oxidation sites excluding steroid dienone is 2. The van der Waals surface area contributed by atoms with E-state index in [9.17, 15) is 9.59 Å². The van der Waals surface area contributed by atoms with Gasteiger partial charge in [-0.2, -0.15) is 10.1 Å². The van der Waals surface area contributed by atoms with Crippen LogP contribution in [0.5, 0.6) is 5.75 Å². The lowest BCUT2D eigenvalue weighted by molar-refractivity contribution is -0.140. The lowest BCUT2D eigenvalue weighted by Gasteiger charge is -2.13. The minimum Gasteiger partial charge on any atom is -0.488 e. The summed E-state index contributed by atoms with van der Waals surface area (Å²) in [5.74, 6) is 0.0963. The Morgan fingerprint density at radius 3 is 2.42 bits per heavy atom. The van der Waals surface area contributed by atoms with Crippen LogP contribution in [0.2, 0.25) is 10.0 Å². The number of benzene rings is 2. The van der Waals surface area contributed by atoms with E-state index in [2.05, 4.69) is 33.2 Å². The third-order valence-corrected chi connectivity index (χ3v) is 7.33. The lowest BCUT2D eigenvalue weighted by Crippen LogP contribution is -2.28. The van der Waals surface area contributed by atoms with Crippen LogP contribution in [-0.2, 0) is 16.2 Å². The molecule has 5 nitrogen and oxygen atoms in total. The number of hydrazone groups is 1. The molecule has 0 N–H and O–H groups in total. The second-order valence-electron chi connectivity index (χ2n) is 7.95. The van der Waals surface area contributed by atoms with E-state index in [1.54, 1.807) is 18.2 Å². The highest BCUT2D eigenvalue weighted by atomic mass is 79.9. The summed E-state index contributed by atoms with van der Waals surface area (Å²) in [7, 11) is 0. The monoisotopic (exact) mass is 518 g/mol. The first-order valence-corrected chi connectivity index (χ1v) is 11.4. The molecular weight excluding hydrogens is 503 g/mol. The van der Waals surface area contributed by atoms with Crippen molar-refractivity contribution < 1.29 is 14.3 Å². The molecule has 2 fully saturated rings. The summed E-state index contributed by atoms with van der Waals surface area (Å²) in [6.07, 6.45) is 6.56. The maximum atomic E-state index is 12.7. The molecule has 1 saturated carbocycles. The normalized spacial score (nSPS) is 26.4. The van der Waals surface area contributed by atoms with Crippen molar-refractivity contribution in [3.05, 3.63) is 74.2 Å². The van der Waals surface area contributed by atoms with E-state index < -0.39 is 0 Å². The van der Waals surface area contributed by atoms with E-state index in [4.69, 9.17) is 27.9 Å². The Morgan fingerprint density at radius 1 is 1.06 bits per heavy atom. The smallest absolute Gasteiger partial charge is 0.254 e. The maximum absolute atomic E-state index is 12.7. The molecule has 1 aliphatic heterocycles. The SMILES string of the molecule is O=C1[C@@H]2[C@@H](C(=O)N1/N=C\c1ccc(OCc3ccc(Cl)cc3Cl)c(Br)c1)[C@H]1C=C[C@H]2C1. The zero-order valence-corrected chi connectivity index (χ0v) is 19.3.